The molecule has 2 aliphatic rings. The Hall–Kier alpha value is -1.84. The molecule has 0 radical (unpaired) electrons. The van der Waals surface area contributed by atoms with Crippen molar-refractivity contribution < 1.29 is 9.59 Å². The molecule has 1 aromatic carbocycles. The summed E-state index contributed by atoms with van der Waals surface area (Å²) in [6.07, 6.45) is 5.28. The SMILES string of the molecule is CC(C)C(=O)N1CCC[C@H](C(=O)NC[C@H]2CCCc3ccccc32)C1. The Kier molecular flexibility index (Phi) is 5.77. The van der Waals surface area contributed by atoms with E-state index in [-0.39, 0.29) is 23.7 Å². The highest BCUT2D eigenvalue weighted by Crippen LogP contribution is 2.31. The molecule has 3 rings (SSSR count). The Labute approximate surface area is 151 Å². The molecular weight excluding hydrogens is 312 g/mol. The first-order valence-corrected chi connectivity index (χ1v) is 9.70. The number of nitrogens with one attached hydrogen (secondary N) is 1. The average Bonchev–Trinajstić information content (AvgIpc) is 2.65. The largest absolute Gasteiger partial charge is 0.355 e. The maximum atomic E-state index is 12.6. The van der Waals surface area contributed by atoms with E-state index in [1.54, 1.807) is 0 Å². The van der Waals surface area contributed by atoms with Gasteiger partial charge in [-0.2, -0.15) is 0 Å². The Bertz CT molecular complexity index is 626. The summed E-state index contributed by atoms with van der Waals surface area (Å²) in [7, 11) is 0. The van der Waals surface area contributed by atoms with Gasteiger partial charge in [0, 0.05) is 31.5 Å². The van der Waals surface area contributed by atoms with Crippen molar-refractivity contribution in [2.45, 2.75) is 51.9 Å². The van der Waals surface area contributed by atoms with E-state index in [9.17, 15) is 9.59 Å². The second-order valence-corrected chi connectivity index (χ2v) is 7.81. The smallest absolute Gasteiger partial charge is 0.225 e. The molecule has 0 saturated carbocycles. The number of benzene rings is 1. The molecular formula is C21H30N2O2. The van der Waals surface area contributed by atoms with Gasteiger partial charge in [-0.25, -0.2) is 0 Å². The normalized spacial score (nSPS) is 23.2. The van der Waals surface area contributed by atoms with E-state index in [4.69, 9.17) is 0 Å². The number of amides is 2. The number of piperidine rings is 1. The topological polar surface area (TPSA) is 49.4 Å². The third-order valence-corrected chi connectivity index (χ3v) is 5.61. The third kappa shape index (κ3) is 4.23. The summed E-state index contributed by atoms with van der Waals surface area (Å²) in [5, 5.41) is 3.17. The first-order chi connectivity index (χ1) is 12.1. The predicted octanol–water partition coefficient (Wildman–Crippen LogP) is 3.12. The average molecular weight is 342 g/mol. The van der Waals surface area contributed by atoms with Gasteiger partial charge in [0.1, 0.15) is 0 Å². The first kappa shape index (κ1) is 18.0. The van der Waals surface area contributed by atoms with Gasteiger partial charge in [0.25, 0.3) is 0 Å². The molecule has 0 bridgehead atoms. The lowest BCUT2D eigenvalue weighted by molar-refractivity contribution is -0.138. The standard InChI is InChI=1S/C21H30N2O2/c1-15(2)21(25)23-12-6-10-18(14-23)20(24)22-13-17-9-5-8-16-7-3-4-11-19(16)17/h3-4,7,11,15,17-18H,5-6,8-10,12-14H2,1-2H3,(H,22,24)/t17-,18+/m1/s1. The zero-order valence-corrected chi connectivity index (χ0v) is 15.5. The van der Waals surface area contributed by atoms with E-state index in [1.807, 2.05) is 18.7 Å². The lowest BCUT2D eigenvalue weighted by Gasteiger charge is -2.33. The molecule has 1 saturated heterocycles. The van der Waals surface area contributed by atoms with Crippen LogP contribution in [0, 0.1) is 11.8 Å². The monoisotopic (exact) mass is 342 g/mol. The number of carbonyl (C=O) groups is 2. The first-order valence-electron chi connectivity index (χ1n) is 9.70. The highest BCUT2D eigenvalue weighted by molar-refractivity contribution is 5.82. The summed E-state index contributed by atoms with van der Waals surface area (Å²) in [6.45, 7) is 5.92. The Balaban J connectivity index is 1.55. The van der Waals surface area contributed by atoms with Crippen molar-refractivity contribution in [3.8, 4) is 0 Å². The second-order valence-electron chi connectivity index (χ2n) is 7.81. The third-order valence-electron chi connectivity index (χ3n) is 5.61. The minimum Gasteiger partial charge on any atom is -0.355 e. The number of nitrogens with zero attached hydrogens (tertiary/aromatic N) is 1. The van der Waals surface area contributed by atoms with Crippen molar-refractivity contribution in [2.24, 2.45) is 11.8 Å². The van der Waals surface area contributed by atoms with Crippen molar-refractivity contribution >= 4 is 11.8 Å². The van der Waals surface area contributed by atoms with Crippen molar-refractivity contribution in [2.75, 3.05) is 19.6 Å². The number of fused-ring (bicyclic) bond motifs is 1. The fourth-order valence-corrected chi connectivity index (χ4v) is 4.19. The molecule has 0 spiro atoms. The van der Waals surface area contributed by atoms with Crippen molar-refractivity contribution in [1.82, 2.24) is 10.2 Å². The van der Waals surface area contributed by atoms with E-state index < -0.39 is 0 Å². The van der Waals surface area contributed by atoms with Gasteiger partial charge < -0.3 is 10.2 Å². The predicted molar refractivity (Wildman–Crippen MR) is 99.3 cm³/mol. The summed E-state index contributed by atoms with van der Waals surface area (Å²) in [6, 6.07) is 8.60. The minimum atomic E-state index is -0.0599. The maximum Gasteiger partial charge on any atom is 0.225 e. The molecule has 0 unspecified atom stereocenters. The van der Waals surface area contributed by atoms with Gasteiger partial charge in [0.15, 0.2) is 0 Å². The van der Waals surface area contributed by atoms with Crippen LogP contribution in [0.15, 0.2) is 24.3 Å². The van der Waals surface area contributed by atoms with Gasteiger partial charge >= 0.3 is 0 Å². The highest BCUT2D eigenvalue weighted by Gasteiger charge is 2.30. The summed E-state index contributed by atoms with van der Waals surface area (Å²) in [4.78, 5) is 26.7. The van der Waals surface area contributed by atoms with Crippen LogP contribution in [0.25, 0.3) is 0 Å². The Morgan fingerprint density at radius 2 is 2.00 bits per heavy atom. The van der Waals surface area contributed by atoms with Crippen molar-refractivity contribution in [3.63, 3.8) is 0 Å². The van der Waals surface area contributed by atoms with E-state index in [1.165, 1.54) is 17.5 Å². The highest BCUT2D eigenvalue weighted by atomic mass is 16.2. The van der Waals surface area contributed by atoms with E-state index in [0.29, 0.717) is 19.0 Å². The Morgan fingerprint density at radius 1 is 1.20 bits per heavy atom. The minimum absolute atomic E-state index is 0.000511. The quantitative estimate of drug-likeness (QED) is 0.914. The van der Waals surface area contributed by atoms with Crippen LogP contribution in [0.2, 0.25) is 0 Å². The van der Waals surface area contributed by atoms with Crippen LogP contribution >= 0.6 is 0 Å². The maximum absolute atomic E-state index is 12.6. The van der Waals surface area contributed by atoms with Crippen LogP contribution < -0.4 is 5.32 Å². The molecule has 2 amide bonds. The number of hydrogen-bond acceptors (Lipinski definition) is 2. The molecule has 1 heterocycles. The van der Waals surface area contributed by atoms with Crippen molar-refractivity contribution in [3.05, 3.63) is 35.4 Å². The molecule has 4 heteroatoms. The van der Waals surface area contributed by atoms with Crippen LogP contribution in [0.4, 0.5) is 0 Å². The number of carbonyl (C=O) groups excluding carboxylic acids is 2. The van der Waals surface area contributed by atoms with Gasteiger partial charge in [0.05, 0.1) is 5.92 Å². The van der Waals surface area contributed by atoms with E-state index in [0.717, 1.165) is 32.2 Å². The lowest BCUT2D eigenvalue weighted by atomic mass is 9.82. The molecule has 1 fully saturated rings. The molecule has 136 valence electrons. The molecule has 25 heavy (non-hydrogen) atoms. The molecule has 1 N–H and O–H groups in total. The summed E-state index contributed by atoms with van der Waals surface area (Å²) in [5.41, 5.74) is 2.83. The van der Waals surface area contributed by atoms with Gasteiger partial charge in [-0.05, 0) is 43.2 Å². The van der Waals surface area contributed by atoms with E-state index >= 15 is 0 Å². The van der Waals surface area contributed by atoms with Crippen LogP contribution in [-0.4, -0.2) is 36.3 Å². The van der Waals surface area contributed by atoms with Crippen LogP contribution in [0.1, 0.15) is 56.6 Å². The summed E-state index contributed by atoms with van der Waals surface area (Å²) >= 11 is 0. The van der Waals surface area contributed by atoms with Gasteiger partial charge in [-0.3, -0.25) is 9.59 Å². The summed E-state index contributed by atoms with van der Waals surface area (Å²) < 4.78 is 0. The zero-order chi connectivity index (χ0) is 17.8. The Morgan fingerprint density at radius 3 is 2.80 bits per heavy atom. The molecule has 1 aliphatic heterocycles. The van der Waals surface area contributed by atoms with E-state index in [2.05, 4.69) is 29.6 Å². The van der Waals surface area contributed by atoms with Gasteiger partial charge in [0.2, 0.25) is 11.8 Å². The summed E-state index contributed by atoms with van der Waals surface area (Å²) in [5.74, 6) is 0.643. The molecule has 4 nitrogen and oxygen atoms in total. The number of aryl methyl sites for hydroxylation is 1. The zero-order valence-electron chi connectivity index (χ0n) is 15.5. The molecule has 1 aromatic rings. The van der Waals surface area contributed by atoms with Crippen molar-refractivity contribution in [1.29, 1.82) is 0 Å². The lowest BCUT2D eigenvalue weighted by Crippen LogP contribution is -2.47. The molecule has 1 aliphatic carbocycles. The van der Waals surface area contributed by atoms with Gasteiger partial charge in [-0.15, -0.1) is 0 Å². The number of likely N-dealkylation sites (tertiary alicyclic amines) is 1. The fraction of sp³-hybridized carbons (Fsp3) is 0.619. The molecule has 2 atom stereocenters. The second kappa shape index (κ2) is 8.03. The fourth-order valence-electron chi connectivity index (χ4n) is 4.19. The molecule has 0 aromatic heterocycles. The number of hydrogen-bond donors (Lipinski definition) is 1. The van der Waals surface area contributed by atoms with Crippen LogP contribution in [-0.2, 0) is 16.0 Å². The van der Waals surface area contributed by atoms with Gasteiger partial charge in [-0.1, -0.05) is 38.1 Å². The van der Waals surface area contributed by atoms with Crippen LogP contribution in [0.3, 0.4) is 0 Å². The number of rotatable bonds is 4. The van der Waals surface area contributed by atoms with Crippen LogP contribution in [0.5, 0.6) is 0 Å².